The van der Waals surface area contributed by atoms with Crippen molar-refractivity contribution in [3.63, 3.8) is 0 Å². The van der Waals surface area contributed by atoms with E-state index in [1.807, 2.05) is 11.8 Å². The molecule has 0 aliphatic rings. The van der Waals surface area contributed by atoms with Gasteiger partial charge in [0.1, 0.15) is 18.9 Å². The van der Waals surface area contributed by atoms with Crippen LogP contribution in [0.25, 0.3) is 20.9 Å². The molecule has 0 N–H and O–H groups in total. The van der Waals surface area contributed by atoms with Crippen molar-refractivity contribution in [1.29, 1.82) is 0 Å². The number of hydrogen-bond donors (Lipinski definition) is 0. The van der Waals surface area contributed by atoms with E-state index in [0.717, 1.165) is 0 Å². The molecule has 0 unspecified atom stereocenters. The topological polar surface area (TPSA) is 159 Å². The highest BCUT2D eigenvalue weighted by atomic mass is 16.5. The average Bonchev–Trinajstić information content (AvgIpc) is 3.25. The maximum atomic E-state index is 8.44. The Morgan fingerprint density at radius 2 is 1.61 bits per heavy atom. The van der Waals surface area contributed by atoms with Gasteiger partial charge in [-0.25, -0.2) is 0 Å². The summed E-state index contributed by atoms with van der Waals surface area (Å²) in [6, 6.07) is 0. The quantitative estimate of drug-likeness (QED) is 0.101. The minimum Gasteiger partial charge on any atom is -0.374 e. The molecule has 1 aromatic rings. The Labute approximate surface area is 193 Å². The average molecular weight is 459 g/mol. The SMILES string of the molecule is C#CCOCC(C)(COCC#C)COCc1cn(CCN(CCN=[N+]=[N-])CCN=[N+]=[N-])nn1. The van der Waals surface area contributed by atoms with Gasteiger partial charge in [-0.15, -0.1) is 17.9 Å². The molecule has 0 aromatic carbocycles. The highest BCUT2D eigenvalue weighted by Crippen LogP contribution is 2.19. The normalized spacial score (nSPS) is 10.8. The zero-order valence-electron chi connectivity index (χ0n) is 18.9. The number of terminal acetylenes is 2. The van der Waals surface area contributed by atoms with E-state index in [4.69, 9.17) is 38.1 Å². The van der Waals surface area contributed by atoms with E-state index in [2.05, 4.69) is 42.2 Å². The first kappa shape index (κ1) is 27.8. The minimum absolute atomic E-state index is 0.210. The predicted molar refractivity (Wildman–Crippen MR) is 122 cm³/mol. The van der Waals surface area contributed by atoms with Crippen LogP contribution in [0.1, 0.15) is 12.6 Å². The van der Waals surface area contributed by atoms with Crippen LogP contribution in [0.4, 0.5) is 0 Å². The van der Waals surface area contributed by atoms with Gasteiger partial charge in [0.15, 0.2) is 0 Å². The molecule has 0 radical (unpaired) electrons. The van der Waals surface area contributed by atoms with Gasteiger partial charge in [-0.05, 0) is 11.1 Å². The van der Waals surface area contributed by atoms with Crippen LogP contribution in [0, 0.1) is 30.1 Å². The molecular weight excluding hydrogens is 428 g/mol. The summed E-state index contributed by atoms with van der Waals surface area (Å²) in [6.45, 7) is 6.73. The van der Waals surface area contributed by atoms with Crippen LogP contribution in [0.15, 0.2) is 16.4 Å². The summed E-state index contributed by atoms with van der Waals surface area (Å²) < 4.78 is 18.5. The van der Waals surface area contributed by atoms with Crippen LogP contribution in [0.3, 0.4) is 0 Å². The van der Waals surface area contributed by atoms with E-state index in [1.165, 1.54) is 0 Å². The van der Waals surface area contributed by atoms with Gasteiger partial charge in [0.05, 0.1) is 39.2 Å². The van der Waals surface area contributed by atoms with E-state index >= 15 is 0 Å². The van der Waals surface area contributed by atoms with Gasteiger partial charge in [0.2, 0.25) is 0 Å². The second-order valence-corrected chi connectivity index (χ2v) is 7.42. The number of nitrogens with zero attached hydrogens (tertiary/aromatic N) is 10. The van der Waals surface area contributed by atoms with Crippen molar-refractivity contribution >= 4 is 0 Å². The van der Waals surface area contributed by atoms with Gasteiger partial charge in [-0.3, -0.25) is 4.68 Å². The van der Waals surface area contributed by atoms with Crippen molar-refractivity contribution < 1.29 is 14.2 Å². The largest absolute Gasteiger partial charge is 0.374 e. The number of azide groups is 2. The van der Waals surface area contributed by atoms with E-state index in [-0.39, 0.29) is 19.8 Å². The smallest absolute Gasteiger partial charge is 0.108 e. The van der Waals surface area contributed by atoms with Gasteiger partial charge >= 0.3 is 0 Å². The Bertz CT molecular complexity index is 820. The Morgan fingerprint density at radius 1 is 1.03 bits per heavy atom. The molecule has 0 amide bonds. The zero-order chi connectivity index (χ0) is 24.2. The number of rotatable bonds is 19. The second-order valence-electron chi connectivity index (χ2n) is 7.42. The van der Waals surface area contributed by atoms with Gasteiger partial charge in [-0.1, -0.05) is 34.2 Å². The molecule has 1 rings (SSSR count). The third-order valence-corrected chi connectivity index (χ3v) is 4.36. The maximum absolute atomic E-state index is 8.44. The van der Waals surface area contributed by atoms with Crippen molar-refractivity contribution in [2.75, 3.05) is 65.8 Å². The van der Waals surface area contributed by atoms with Crippen LogP contribution in [-0.2, 0) is 27.4 Å². The van der Waals surface area contributed by atoms with Gasteiger partial charge in [-0.2, -0.15) is 0 Å². The van der Waals surface area contributed by atoms with E-state index < -0.39 is 5.41 Å². The van der Waals surface area contributed by atoms with Crippen LogP contribution in [0.5, 0.6) is 0 Å². The fourth-order valence-corrected chi connectivity index (χ4v) is 2.79. The molecule has 1 aromatic heterocycles. The molecule has 0 aliphatic heterocycles. The first-order valence-electron chi connectivity index (χ1n) is 10.3. The Morgan fingerprint density at radius 3 is 2.15 bits per heavy atom. The summed E-state index contributed by atoms with van der Waals surface area (Å²) in [5.74, 6) is 4.88. The van der Waals surface area contributed by atoms with Crippen LogP contribution in [0.2, 0.25) is 0 Å². The van der Waals surface area contributed by atoms with Crippen molar-refractivity contribution in [3.05, 3.63) is 32.8 Å². The second kappa shape index (κ2) is 17.3. The lowest BCUT2D eigenvalue weighted by molar-refractivity contribution is -0.0542. The summed E-state index contributed by atoms with van der Waals surface area (Å²) >= 11 is 0. The van der Waals surface area contributed by atoms with Crippen LogP contribution >= 0.6 is 0 Å². The monoisotopic (exact) mass is 458 g/mol. The third kappa shape index (κ3) is 13.0. The van der Waals surface area contributed by atoms with Crippen molar-refractivity contribution in [2.24, 2.45) is 15.6 Å². The molecule has 13 nitrogen and oxygen atoms in total. The lowest BCUT2D eigenvalue weighted by Gasteiger charge is -2.28. The lowest BCUT2D eigenvalue weighted by Crippen LogP contribution is -2.34. The fraction of sp³-hybridized carbons (Fsp3) is 0.700. The Hall–Kier alpha value is -3.28. The first-order valence-corrected chi connectivity index (χ1v) is 10.3. The molecule has 1 heterocycles. The fourth-order valence-electron chi connectivity index (χ4n) is 2.79. The molecule has 178 valence electrons. The predicted octanol–water partition coefficient (Wildman–Crippen LogP) is 2.02. The summed E-state index contributed by atoms with van der Waals surface area (Å²) in [5.41, 5.74) is 17.2. The van der Waals surface area contributed by atoms with Gasteiger partial charge in [0, 0.05) is 48.0 Å². The number of aromatic nitrogens is 3. The molecule has 33 heavy (non-hydrogen) atoms. The molecule has 0 atom stereocenters. The summed E-state index contributed by atoms with van der Waals surface area (Å²) in [5, 5.41) is 15.3. The standard InChI is InChI=1S/C20H30N10O3/c1-4-12-31-16-20(3,17-32-13-5-2)18-33-15-19-14-30(28-25-19)11-10-29(8-6-23-26-21)9-7-24-27-22/h1-2,14H,6-13,15-18H2,3H3. The van der Waals surface area contributed by atoms with Crippen LogP contribution in [-0.4, -0.2) is 85.7 Å². The third-order valence-electron chi connectivity index (χ3n) is 4.36. The molecular formula is C20H30N10O3. The molecule has 0 fully saturated rings. The lowest BCUT2D eigenvalue weighted by atomic mass is 9.94. The molecule has 0 bridgehead atoms. The summed E-state index contributed by atoms with van der Waals surface area (Å²) in [4.78, 5) is 7.54. The zero-order valence-corrected chi connectivity index (χ0v) is 18.9. The van der Waals surface area contributed by atoms with Crippen molar-refractivity contribution in [3.8, 4) is 24.7 Å². The van der Waals surface area contributed by atoms with E-state index in [0.29, 0.717) is 64.8 Å². The molecule has 0 aliphatic carbocycles. The summed E-state index contributed by atoms with van der Waals surface area (Å²) in [6.07, 6.45) is 12.3. The highest BCUT2D eigenvalue weighted by molar-refractivity contribution is 4.90. The Balaban J connectivity index is 2.52. The summed E-state index contributed by atoms with van der Waals surface area (Å²) in [7, 11) is 0. The molecule has 0 saturated heterocycles. The first-order chi connectivity index (χ1) is 16.1. The van der Waals surface area contributed by atoms with Gasteiger partial charge in [0.25, 0.3) is 0 Å². The van der Waals surface area contributed by atoms with Crippen molar-refractivity contribution in [2.45, 2.75) is 20.1 Å². The number of hydrogen-bond acceptors (Lipinski definition) is 8. The minimum atomic E-state index is -0.415. The van der Waals surface area contributed by atoms with Gasteiger partial charge < -0.3 is 19.1 Å². The van der Waals surface area contributed by atoms with E-state index in [9.17, 15) is 0 Å². The highest BCUT2D eigenvalue weighted by Gasteiger charge is 2.26. The van der Waals surface area contributed by atoms with E-state index in [1.54, 1.807) is 10.9 Å². The molecule has 0 spiro atoms. The number of ether oxygens (including phenoxy) is 3. The molecule has 0 saturated carbocycles. The Kier molecular flexibility index (Phi) is 14.5. The molecule has 13 heteroatoms. The van der Waals surface area contributed by atoms with Crippen LogP contribution < -0.4 is 0 Å². The van der Waals surface area contributed by atoms with Crippen molar-refractivity contribution in [1.82, 2.24) is 19.9 Å². The maximum Gasteiger partial charge on any atom is 0.108 e.